The Morgan fingerprint density at radius 2 is 2.12 bits per heavy atom. The fourth-order valence-electron chi connectivity index (χ4n) is 2.35. The van der Waals surface area contributed by atoms with Crippen molar-refractivity contribution >= 4 is 17.4 Å². The zero-order valence-electron chi connectivity index (χ0n) is 14.8. The van der Waals surface area contributed by atoms with E-state index in [0.717, 1.165) is 36.3 Å². The maximum absolute atomic E-state index is 12.5. The van der Waals surface area contributed by atoms with Crippen LogP contribution in [0.2, 0.25) is 0 Å². The largest absolute Gasteiger partial charge is 0.494 e. The van der Waals surface area contributed by atoms with E-state index in [1.165, 1.54) is 0 Å². The summed E-state index contributed by atoms with van der Waals surface area (Å²) in [5.41, 5.74) is 8.66. The van der Waals surface area contributed by atoms with Gasteiger partial charge in [-0.15, -0.1) is 6.58 Å². The van der Waals surface area contributed by atoms with Crippen molar-refractivity contribution < 1.29 is 9.53 Å². The maximum Gasteiger partial charge on any atom is 0.259 e. The Morgan fingerprint density at radius 3 is 2.88 bits per heavy atom. The van der Waals surface area contributed by atoms with E-state index in [1.807, 2.05) is 38.1 Å². The van der Waals surface area contributed by atoms with Crippen molar-refractivity contribution in [3.8, 4) is 5.75 Å². The zero-order valence-corrected chi connectivity index (χ0v) is 14.8. The van der Waals surface area contributed by atoms with E-state index in [0.29, 0.717) is 17.9 Å². The second-order valence-electron chi connectivity index (χ2n) is 5.94. The molecule has 0 saturated heterocycles. The topological polar surface area (TPSA) is 77.2 Å². The molecule has 5 nitrogen and oxygen atoms in total. The molecule has 0 aliphatic rings. The van der Waals surface area contributed by atoms with Gasteiger partial charge in [-0.1, -0.05) is 12.1 Å². The SMILES string of the molecule is C=CCCCCOc1cccc(NC(=O)c2cc(C)c(C)nc2N)c1. The molecule has 0 bridgehead atoms. The van der Waals surface area contributed by atoms with E-state index >= 15 is 0 Å². The Labute approximate surface area is 148 Å². The first-order chi connectivity index (χ1) is 12.0. The molecule has 1 aromatic carbocycles. The minimum atomic E-state index is -0.281. The number of hydrogen-bond acceptors (Lipinski definition) is 4. The molecule has 0 atom stereocenters. The van der Waals surface area contributed by atoms with Crippen LogP contribution in [0.1, 0.15) is 40.9 Å². The van der Waals surface area contributed by atoms with Gasteiger partial charge in [0, 0.05) is 17.4 Å². The van der Waals surface area contributed by atoms with Crippen molar-refractivity contribution in [2.45, 2.75) is 33.1 Å². The van der Waals surface area contributed by atoms with E-state index in [1.54, 1.807) is 12.1 Å². The lowest BCUT2D eigenvalue weighted by Gasteiger charge is -2.11. The number of allylic oxidation sites excluding steroid dienone is 1. The highest BCUT2D eigenvalue weighted by Crippen LogP contribution is 2.20. The van der Waals surface area contributed by atoms with Gasteiger partial charge in [0.2, 0.25) is 0 Å². The summed E-state index contributed by atoms with van der Waals surface area (Å²) in [7, 11) is 0. The first kappa shape index (κ1) is 18.5. The highest BCUT2D eigenvalue weighted by molar-refractivity contribution is 6.07. The summed E-state index contributed by atoms with van der Waals surface area (Å²) in [6.45, 7) is 8.11. The van der Waals surface area contributed by atoms with Crippen molar-refractivity contribution in [2.24, 2.45) is 0 Å². The third kappa shape index (κ3) is 5.35. The molecule has 1 amide bonds. The van der Waals surface area contributed by atoms with Gasteiger partial charge in [0.1, 0.15) is 11.6 Å². The molecule has 0 fully saturated rings. The van der Waals surface area contributed by atoms with E-state index < -0.39 is 0 Å². The average molecular weight is 339 g/mol. The van der Waals surface area contributed by atoms with Gasteiger partial charge >= 0.3 is 0 Å². The smallest absolute Gasteiger partial charge is 0.259 e. The normalized spacial score (nSPS) is 10.3. The van der Waals surface area contributed by atoms with Gasteiger partial charge in [-0.25, -0.2) is 4.98 Å². The number of benzene rings is 1. The lowest BCUT2D eigenvalue weighted by Crippen LogP contribution is -2.16. The molecule has 0 aliphatic heterocycles. The van der Waals surface area contributed by atoms with E-state index in [9.17, 15) is 4.79 Å². The number of amides is 1. The van der Waals surface area contributed by atoms with Crippen LogP contribution in [0.25, 0.3) is 0 Å². The second kappa shape index (κ2) is 8.87. The van der Waals surface area contributed by atoms with Crippen molar-refractivity contribution in [1.82, 2.24) is 4.98 Å². The van der Waals surface area contributed by atoms with Crippen LogP contribution in [0, 0.1) is 13.8 Å². The van der Waals surface area contributed by atoms with Gasteiger partial charge in [-0.3, -0.25) is 4.79 Å². The molecular formula is C20H25N3O2. The number of carbonyl (C=O) groups is 1. The minimum Gasteiger partial charge on any atom is -0.494 e. The summed E-state index contributed by atoms with van der Waals surface area (Å²) < 4.78 is 5.72. The Morgan fingerprint density at radius 1 is 1.32 bits per heavy atom. The first-order valence-corrected chi connectivity index (χ1v) is 8.40. The molecule has 2 aromatic rings. The predicted molar refractivity (Wildman–Crippen MR) is 102 cm³/mol. The Kier molecular flexibility index (Phi) is 6.57. The molecule has 3 N–H and O–H groups in total. The number of unbranched alkanes of at least 4 members (excludes halogenated alkanes) is 2. The molecule has 1 heterocycles. The Hall–Kier alpha value is -2.82. The Balaban J connectivity index is 2.00. The number of pyridine rings is 1. The number of nitrogens with two attached hydrogens (primary N) is 1. The number of hydrogen-bond donors (Lipinski definition) is 2. The van der Waals surface area contributed by atoms with Gasteiger partial charge in [0.25, 0.3) is 5.91 Å². The minimum absolute atomic E-state index is 0.232. The highest BCUT2D eigenvalue weighted by atomic mass is 16.5. The van der Waals surface area contributed by atoms with Gasteiger partial charge in [0.05, 0.1) is 12.2 Å². The van der Waals surface area contributed by atoms with E-state index in [2.05, 4.69) is 16.9 Å². The van der Waals surface area contributed by atoms with Crippen LogP contribution in [-0.4, -0.2) is 17.5 Å². The number of anilines is 2. The molecule has 0 unspecified atom stereocenters. The predicted octanol–water partition coefficient (Wildman–Crippen LogP) is 4.27. The number of aryl methyl sites for hydroxylation is 2. The number of nitrogens with zero attached hydrogens (tertiary/aromatic N) is 1. The molecule has 1 aromatic heterocycles. The summed E-state index contributed by atoms with van der Waals surface area (Å²) in [6.07, 6.45) is 4.92. The highest BCUT2D eigenvalue weighted by Gasteiger charge is 2.13. The number of carbonyl (C=O) groups excluding carboxylic acids is 1. The van der Waals surface area contributed by atoms with Crippen LogP contribution in [0.3, 0.4) is 0 Å². The average Bonchev–Trinajstić information content (AvgIpc) is 2.58. The van der Waals surface area contributed by atoms with Crippen molar-refractivity contribution in [3.05, 3.63) is 59.8 Å². The standard InChI is InChI=1S/C20H25N3O2/c1-4-5-6-7-11-25-17-10-8-9-16(13-17)23-20(24)18-12-14(2)15(3)22-19(18)21/h4,8-10,12-13H,1,5-7,11H2,2-3H3,(H2,21,22)(H,23,24). The summed E-state index contributed by atoms with van der Waals surface area (Å²) in [4.78, 5) is 16.7. The molecule has 5 heteroatoms. The lowest BCUT2D eigenvalue weighted by molar-refractivity contribution is 0.102. The van der Waals surface area contributed by atoms with Crippen LogP contribution in [0.15, 0.2) is 43.0 Å². The zero-order chi connectivity index (χ0) is 18.2. The number of rotatable bonds is 8. The van der Waals surface area contributed by atoms with E-state index in [4.69, 9.17) is 10.5 Å². The molecular weight excluding hydrogens is 314 g/mol. The second-order valence-corrected chi connectivity index (χ2v) is 5.94. The van der Waals surface area contributed by atoms with Crippen LogP contribution in [0.4, 0.5) is 11.5 Å². The lowest BCUT2D eigenvalue weighted by atomic mass is 10.1. The summed E-state index contributed by atoms with van der Waals surface area (Å²) >= 11 is 0. The molecule has 0 spiro atoms. The molecule has 0 aliphatic carbocycles. The fourth-order valence-corrected chi connectivity index (χ4v) is 2.35. The van der Waals surface area contributed by atoms with Crippen molar-refractivity contribution in [2.75, 3.05) is 17.7 Å². The van der Waals surface area contributed by atoms with Gasteiger partial charge in [0.15, 0.2) is 0 Å². The number of aromatic nitrogens is 1. The molecule has 132 valence electrons. The van der Waals surface area contributed by atoms with Crippen LogP contribution < -0.4 is 15.8 Å². The maximum atomic E-state index is 12.5. The van der Waals surface area contributed by atoms with Gasteiger partial charge < -0.3 is 15.8 Å². The summed E-state index contributed by atoms with van der Waals surface area (Å²) in [5.74, 6) is 0.675. The van der Waals surface area contributed by atoms with Crippen LogP contribution >= 0.6 is 0 Å². The van der Waals surface area contributed by atoms with Gasteiger partial charge in [-0.2, -0.15) is 0 Å². The molecule has 0 saturated carbocycles. The van der Waals surface area contributed by atoms with Crippen molar-refractivity contribution in [1.29, 1.82) is 0 Å². The molecule has 25 heavy (non-hydrogen) atoms. The first-order valence-electron chi connectivity index (χ1n) is 8.40. The summed E-state index contributed by atoms with van der Waals surface area (Å²) in [6, 6.07) is 9.09. The molecule has 0 radical (unpaired) electrons. The van der Waals surface area contributed by atoms with Gasteiger partial charge in [-0.05, 0) is 56.9 Å². The number of nitrogens with one attached hydrogen (secondary N) is 1. The number of nitrogen functional groups attached to an aromatic ring is 1. The van der Waals surface area contributed by atoms with Crippen LogP contribution in [-0.2, 0) is 0 Å². The third-order valence-corrected chi connectivity index (χ3v) is 3.90. The monoisotopic (exact) mass is 339 g/mol. The quantitative estimate of drug-likeness (QED) is 0.556. The third-order valence-electron chi connectivity index (χ3n) is 3.90. The molecule has 2 rings (SSSR count). The summed E-state index contributed by atoms with van der Waals surface area (Å²) in [5, 5.41) is 2.84. The fraction of sp³-hybridized carbons (Fsp3) is 0.300. The number of ether oxygens (including phenoxy) is 1. The van der Waals surface area contributed by atoms with Crippen LogP contribution in [0.5, 0.6) is 5.75 Å². The van der Waals surface area contributed by atoms with E-state index in [-0.39, 0.29) is 11.7 Å². The Bertz CT molecular complexity index is 757. The van der Waals surface area contributed by atoms with Crippen molar-refractivity contribution in [3.63, 3.8) is 0 Å².